The maximum Gasteiger partial charge on any atom is 0.257 e. The summed E-state index contributed by atoms with van der Waals surface area (Å²) >= 11 is 3.36. The minimum atomic E-state index is 0.00917. The highest BCUT2D eigenvalue weighted by Crippen LogP contribution is 2.30. The number of amides is 1. The minimum absolute atomic E-state index is 0.00917. The van der Waals surface area contributed by atoms with Crippen molar-refractivity contribution in [1.29, 1.82) is 0 Å². The Labute approximate surface area is 128 Å². The van der Waals surface area contributed by atoms with Gasteiger partial charge in [0, 0.05) is 23.3 Å². The van der Waals surface area contributed by atoms with Gasteiger partial charge in [0.2, 0.25) is 0 Å². The summed E-state index contributed by atoms with van der Waals surface area (Å²) in [6.45, 7) is 5.13. The molecule has 0 radical (unpaired) electrons. The van der Waals surface area contributed by atoms with Gasteiger partial charge in [0.05, 0.1) is 5.56 Å². The van der Waals surface area contributed by atoms with Gasteiger partial charge in [0.15, 0.2) is 5.82 Å². The Morgan fingerprint density at radius 2 is 2.30 bits per heavy atom. The van der Waals surface area contributed by atoms with Crippen LogP contribution in [0.2, 0.25) is 0 Å². The Balaban J connectivity index is 2.20. The van der Waals surface area contributed by atoms with Crippen LogP contribution in [0.3, 0.4) is 0 Å². The molecule has 0 atom stereocenters. The lowest BCUT2D eigenvalue weighted by Gasteiger charge is -2.24. The third kappa shape index (κ3) is 3.70. The number of carbonyl (C=O) groups is 1. The third-order valence-corrected chi connectivity index (χ3v) is 3.85. The lowest BCUT2D eigenvalue weighted by atomic mass is 10.1. The minimum Gasteiger partial charge on any atom is -0.336 e. The van der Waals surface area contributed by atoms with Gasteiger partial charge in [-0.2, -0.15) is 0 Å². The van der Waals surface area contributed by atoms with Gasteiger partial charge < -0.3 is 10.3 Å². The van der Waals surface area contributed by atoms with Gasteiger partial charge in [-0.15, -0.1) is 0 Å². The first-order valence-corrected chi connectivity index (χ1v) is 7.75. The Hall–Kier alpha value is -1.14. The van der Waals surface area contributed by atoms with Crippen LogP contribution in [-0.2, 0) is 0 Å². The molecule has 1 aliphatic rings. The van der Waals surface area contributed by atoms with Crippen LogP contribution in [0.4, 0.5) is 5.82 Å². The van der Waals surface area contributed by atoms with Crippen molar-refractivity contribution in [2.45, 2.75) is 39.2 Å². The van der Waals surface area contributed by atoms with E-state index in [-0.39, 0.29) is 5.91 Å². The van der Waals surface area contributed by atoms with Gasteiger partial charge in [0.25, 0.3) is 5.91 Å². The number of anilines is 1. The largest absolute Gasteiger partial charge is 0.336 e. The first-order chi connectivity index (χ1) is 9.52. The van der Waals surface area contributed by atoms with E-state index in [0.29, 0.717) is 23.3 Å². The number of pyridine rings is 1. The zero-order valence-corrected chi connectivity index (χ0v) is 13.5. The predicted octanol–water partition coefficient (Wildman–Crippen LogP) is 2.78. The fourth-order valence-corrected chi connectivity index (χ4v) is 2.44. The molecular formula is C14H21BrN4O. The number of nitrogen functional groups attached to an aromatic ring is 1. The third-order valence-electron chi connectivity index (χ3n) is 3.42. The van der Waals surface area contributed by atoms with Crippen molar-refractivity contribution in [3.63, 3.8) is 0 Å². The first kappa shape index (κ1) is 15.3. The number of nitrogens with one attached hydrogen (secondary N) is 1. The zero-order chi connectivity index (χ0) is 14.7. The molecule has 1 aliphatic carbocycles. The van der Waals surface area contributed by atoms with Gasteiger partial charge in [0.1, 0.15) is 0 Å². The average molecular weight is 341 g/mol. The summed E-state index contributed by atoms with van der Waals surface area (Å²) in [7, 11) is 0. The van der Waals surface area contributed by atoms with E-state index >= 15 is 0 Å². The normalized spacial score (nSPS) is 14.4. The average Bonchev–Trinajstić information content (AvgIpc) is 3.23. The van der Waals surface area contributed by atoms with Crippen LogP contribution >= 0.6 is 15.9 Å². The van der Waals surface area contributed by atoms with Crippen molar-refractivity contribution < 1.29 is 4.79 Å². The van der Waals surface area contributed by atoms with Gasteiger partial charge in [-0.25, -0.2) is 10.8 Å². The van der Waals surface area contributed by atoms with Crippen molar-refractivity contribution in [2.75, 3.05) is 12.0 Å². The van der Waals surface area contributed by atoms with Gasteiger partial charge in [-0.05, 0) is 47.2 Å². The predicted molar refractivity (Wildman–Crippen MR) is 83.3 cm³/mol. The molecule has 2 rings (SSSR count). The summed E-state index contributed by atoms with van der Waals surface area (Å²) in [5.41, 5.74) is 3.03. The number of nitrogens with zero attached hydrogens (tertiary/aromatic N) is 2. The lowest BCUT2D eigenvalue weighted by Crippen LogP contribution is -2.35. The fraction of sp³-hybridized carbons (Fsp3) is 0.571. The van der Waals surface area contributed by atoms with E-state index in [4.69, 9.17) is 5.84 Å². The molecule has 0 saturated heterocycles. The molecule has 1 heterocycles. The summed E-state index contributed by atoms with van der Waals surface area (Å²) in [5, 5.41) is 0. The van der Waals surface area contributed by atoms with Crippen molar-refractivity contribution in [1.82, 2.24) is 9.88 Å². The maximum atomic E-state index is 12.7. The highest BCUT2D eigenvalue weighted by Gasteiger charge is 2.33. The molecule has 1 aromatic heterocycles. The van der Waals surface area contributed by atoms with Crippen LogP contribution in [-0.4, -0.2) is 28.4 Å². The van der Waals surface area contributed by atoms with Gasteiger partial charge >= 0.3 is 0 Å². The van der Waals surface area contributed by atoms with Crippen LogP contribution in [0.1, 0.15) is 43.5 Å². The summed E-state index contributed by atoms with van der Waals surface area (Å²) in [6, 6.07) is 2.15. The highest BCUT2D eigenvalue weighted by molar-refractivity contribution is 9.10. The Bertz CT molecular complexity index is 488. The molecule has 110 valence electrons. The van der Waals surface area contributed by atoms with Gasteiger partial charge in [-0.1, -0.05) is 13.8 Å². The quantitative estimate of drug-likeness (QED) is 0.617. The van der Waals surface area contributed by atoms with Crippen molar-refractivity contribution in [2.24, 2.45) is 11.8 Å². The monoisotopic (exact) mass is 340 g/mol. The second-order valence-electron chi connectivity index (χ2n) is 5.61. The molecule has 20 heavy (non-hydrogen) atoms. The second-order valence-corrected chi connectivity index (χ2v) is 6.52. The fourth-order valence-electron chi connectivity index (χ4n) is 2.11. The van der Waals surface area contributed by atoms with E-state index < -0.39 is 0 Å². The van der Waals surface area contributed by atoms with Crippen LogP contribution in [0.25, 0.3) is 0 Å². The molecule has 0 spiro atoms. The molecule has 0 unspecified atom stereocenters. The standard InChI is InChI=1S/C14H21BrN4O/c1-9(2)5-6-19(11-3-4-11)14(20)12-7-10(15)8-17-13(12)18-16/h7-9,11H,3-6,16H2,1-2H3,(H,17,18). The molecule has 1 saturated carbocycles. The number of hydrogen-bond donors (Lipinski definition) is 2. The Morgan fingerprint density at radius 1 is 1.60 bits per heavy atom. The molecule has 1 aromatic rings. The van der Waals surface area contributed by atoms with Crippen LogP contribution in [0, 0.1) is 5.92 Å². The molecule has 0 aliphatic heterocycles. The number of halogens is 1. The molecule has 1 fully saturated rings. The van der Waals surface area contributed by atoms with E-state index in [2.05, 4.69) is 40.2 Å². The van der Waals surface area contributed by atoms with Crippen LogP contribution in [0.15, 0.2) is 16.7 Å². The number of hydrogen-bond acceptors (Lipinski definition) is 4. The molecule has 5 nitrogen and oxygen atoms in total. The van der Waals surface area contributed by atoms with E-state index in [0.717, 1.165) is 30.3 Å². The maximum absolute atomic E-state index is 12.7. The van der Waals surface area contributed by atoms with E-state index in [1.54, 1.807) is 12.3 Å². The second kappa shape index (κ2) is 6.54. The number of aromatic nitrogens is 1. The van der Waals surface area contributed by atoms with Crippen molar-refractivity contribution in [3.05, 3.63) is 22.3 Å². The summed E-state index contributed by atoms with van der Waals surface area (Å²) in [6.07, 6.45) is 4.82. The highest BCUT2D eigenvalue weighted by atomic mass is 79.9. The first-order valence-electron chi connectivity index (χ1n) is 6.96. The summed E-state index contributed by atoms with van der Waals surface area (Å²) in [5.74, 6) is 6.47. The number of rotatable bonds is 6. The SMILES string of the molecule is CC(C)CCN(C(=O)c1cc(Br)cnc1NN)C1CC1. The topological polar surface area (TPSA) is 71.2 Å². The van der Waals surface area contributed by atoms with Crippen molar-refractivity contribution >= 4 is 27.7 Å². The number of hydrazine groups is 1. The number of carbonyl (C=O) groups excluding carboxylic acids is 1. The smallest absolute Gasteiger partial charge is 0.257 e. The Kier molecular flexibility index (Phi) is 4.99. The van der Waals surface area contributed by atoms with E-state index in [1.165, 1.54) is 0 Å². The zero-order valence-electron chi connectivity index (χ0n) is 11.9. The Morgan fingerprint density at radius 3 is 2.85 bits per heavy atom. The van der Waals surface area contributed by atoms with E-state index in [9.17, 15) is 4.79 Å². The summed E-state index contributed by atoms with van der Waals surface area (Å²) < 4.78 is 0.777. The summed E-state index contributed by atoms with van der Waals surface area (Å²) in [4.78, 5) is 18.8. The van der Waals surface area contributed by atoms with Crippen molar-refractivity contribution in [3.8, 4) is 0 Å². The van der Waals surface area contributed by atoms with Gasteiger partial charge in [-0.3, -0.25) is 4.79 Å². The molecule has 0 bridgehead atoms. The van der Waals surface area contributed by atoms with E-state index in [1.807, 2.05) is 4.90 Å². The molecule has 0 aromatic carbocycles. The van der Waals surface area contributed by atoms with Crippen LogP contribution < -0.4 is 11.3 Å². The molecule has 3 N–H and O–H groups in total. The molecule has 1 amide bonds. The lowest BCUT2D eigenvalue weighted by molar-refractivity contribution is 0.0736. The van der Waals surface area contributed by atoms with Crippen LogP contribution in [0.5, 0.6) is 0 Å². The number of nitrogens with two attached hydrogens (primary N) is 1. The molecular weight excluding hydrogens is 320 g/mol. The molecule has 6 heteroatoms.